The molecule has 1 aromatic heterocycles. The predicted octanol–water partition coefficient (Wildman–Crippen LogP) is 1.97. The molecule has 5 nitrogen and oxygen atoms in total. The van der Waals surface area contributed by atoms with Crippen molar-refractivity contribution in [2.24, 2.45) is 13.0 Å². The van der Waals surface area contributed by atoms with Crippen molar-refractivity contribution in [2.45, 2.75) is 20.3 Å². The average molecular weight is 275 g/mol. The van der Waals surface area contributed by atoms with Gasteiger partial charge in [-0.05, 0) is 24.5 Å². The van der Waals surface area contributed by atoms with Crippen LogP contribution < -0.4 is 16.0 Å². The van der Waals surface area contributed by atoms with Crippen molar-refractivity contribution in [2.75, 3.05) is 12.8 Å². The van der Waals surface area contributed by atoms with Gasteiger partial charge in [0.1, 0.15) is 11.4 Å². The monoisotopic (exact) mass is 275 g/mol. The Hall–Kier alpha value is -2.17. The molecule has 2 aromatic rings. The fourth-order valence-corrected chi connectivity index (χ4v) is 2.33. The normalized spacial score (nSPS) is 11.1. The minimum Gasteiger partial charge on any atom is -0.497 e. The van der Waals surface area contributed by atoms with Crippen LogP contribution in [0, 0.1) is 5.92 Å². The number of nitrogens with two attached hydrogens (primary N) is 1. The standard InChI is InChI=1S/C15H21N3O2/c1-10(2)8-13-14(16)15(19)18(17(13)3)11-6-5-7-12(9-11)20-4/h5-7,9-10H,8,16H2,1-4H3. The van der Waals surface area contributed by atoms with Gasteiger partial charge in [-0.1, -0.05) is 19.9 Å². The molecule has 0 bridgehead atoms. The van der Waals surface area contributed by atoms with Crippen LogP contribution in [-0.2, 0) is 13.5 Å². The zero-order chi connectivity index (χ0) is 14.9. The lowest BCUT2D eigenvalue weighted by molar-refractivity contribution is 0.414. The molecule has 0 aliphatic carbocycles. The lowest BCUT2D eigenvalue weighted by Gasteiger charge is -2.12. The van der Waals surface area contributed by atoms with Crippen LogP contribution in [0.2, 0.25) is 0 Å². The van der Waals surface area contributed by atoms with Crippen molar-refractivity contribution in [3.8, 4) is 11.4 Å². The summed E-state index contributed by atoms with van der Waals surface area (Å²) in [5.74, 6) is 1.14. The van der Waals surface area contributed by atoms with Gasteiger partial charge >= 0.3 is 0 Å². The van der Waals surface area contributed by atoms with Crippen molar-refractivity contribution < 1.29 is 4.74 Å². The van der Waals surface area contributed by atoms with Gasteiger partial charge in [-0.15, -0.1) is 0 Å². The molecule has 5 heteroatoms. The Morgan fingerprint density at radius 1 is 1.35 bits per heavy atom. The van der Waals surface area contributed by atoms with Crippen molar-refractivity contribution >= 4 is 5.69 Å². The number of hydrogen-bond acceptors (Lipinski definition) is 3. The van der Waals surface area contributed by atoms with E-state index in [4.69, 9.17) is 10.5 Å². The summed E-state index contributed by atoms with van der Waals surface area (Å²) in [6.45, 7) is 4.21. The molecule has 0 atom stereocenters. The Balaban J connectivity index is 2.60. The molecular formula is C15H21N3O2. The number of nitrogen functional groups attached to an aromatic ring is 1. The minimum absolute atomic E-state index is 0.184. The molecule has 0 saturated heterocycles. The summed E-state index contributed by atoms with van der Waals surface area (Å²) in [7, 11) is 3.46. The highest BCUT2D eigenvalue weighted by Gasteiger charge is 2.17. The Morgan fingerprint density at radius 2 is 2.05 bits per heavy atom. The summed E-state index contributed by atoms with van der Waals surface area (Å²) in [6, 6.07) is 7.38. The van der Waals surface area contributed by atoms with Crippen molar-refractivity contribution in [3.63, 3.8) is 0 Å². The number of hydrogen-bond donors (Lipinski definition) is 1. The summed E-state index contributed by atoms with van der Waals surface area (Å²) in [5, 5.41) is 0. The van der Waals surface area contributed by atoms with E-state index < -0.39 is 0 Å². The van der Waals surface area contributed by atoms with Crippen LogP contribution in [0.1, 0.15) is 19.5 Å². The van der Waals surface area contributed by atoms with Gasteiger partial charge in [0.25, 0.3) is 5.56 Å². The van der Waals surface area contributed by atoms with Gasteiger partial charge in [-0.2, -0.15) is 0 Å². The van der Waals surface area contributed by atoms with E-state index in [1.54, 1.807) is 11.8 Å². The predicted molar refractivity (Wildman–Crippen MR) is 80.5 cm³/mol. The highest BCUT2D eigenvalue weighted by Crippen LogP contribution is 2.19. The highest BCUT2D eigenvalue weighted by atomic mass is 16.5. The molecule has 0 fully saturated rings. The maximum absolute atomic E-state index is 12.4. The first kappa shape index (κ1) is 14.2. The number of rotatable bonds is 4. The number of methoxy groups -OCH3 is 1. The molecule has 2 rings (SSSR count). The first-order chi connectivity index (χ1) is 9.45. The topological polar surface area (TPSA) is 62.2 Å². The van der Waals surface area contributed by atoms with E-state index in [0.717, 1.165) is 17.8 Å². The Morgan fingerprint density at radius 3 is 2.65 bits per heavy atom. The SMILES string of the molecule is COc1cccc(-n2c(=O)c(N)c(CC(C)C)n2C)c1. The van der Waals surface area contributed by atoms with Crippen molar-refractivity contribution in [1.82, 2.24) is 9.36 Å². The number of ether oxygens (including phenoxy) is 1. The van der Waals surface area contributed by atoms with E-state index in [0.29, 0.717) is 17.4 Å². The van der Waals surface area contributed by atoms with E-state index in [9.17, 15) is 4.79 Å². The van der Waals surface area contributed by atoms with E-state index in [1.165, 1.54) is 0 Å². The van der Waals surface area contributed by atoms with Gasteiger partial charge in [-0.25, -0.2) is 4.68 Å². The third kappa shape index (κ3) is 2.43. The van der Waals surface area contributed by atoms with Gasteiger partial charge in [-0.3, -0.25) is 9.48 Å². The molecule has 0 radical (unpaired) electrons. The molecule has 108 valence electrons. The van der Waals surface area contributed by atoms with Gasteiger partial charge in [0.15, 0.2) is 0 Å². The summed E-state index contributed by atoms with van der Waals surface area (Å²) in [6.07, 6.45) is 0.772. The number of nitrogens with zero attached hydrogens (tertiary/aromatic N) is 2. The van der Waals surface area contributed by atoms with Crippen LogP contribution in [0.15, 0.2) is 29.1 Å². The molecule has 0 amide bonds. The molecule has 0 saturated carbocycles. The third-order valence-electron chi connectivity index (χ3n) is 3.32. The van der Waals surface area contributed by atoms with Crippen molar-refractivity contribution in [1.29, 1.82) is 0 Å². The van der Waals surface area contributed by atoms with E-state index in [2.05, 4.69) is 13.8 Å². The van der Waals surface area contributed by atoms with Crippen LogP contribution in [-0.4, -0.2) is 16.5 Å². The van der Waals surface area contributed by atoms with Gasteiger partial charge in [0, 0.05) is 13.1 Å². The molecule has 0 aliphatic rings. The zero-order valence-corrected chi connectivity index (χ0v) is 12.4. The first-order valence-electron chi connectivity index (χ1n) is 6.66. The number of aromatic nitrogens is 2. The van der Waals surface area contributed by atoms with Crippen LogP contribution in [0.25, 0.3) is 5.69 Å². The molecule has 1 heterocycles. The molecule has 2 N–H and O–H groups in total. The second-order valence-corrected chi connectivity index (χ2v) is 5.30. The van der Waals surface area contributed by atoms with Gasteiger partial charge in [0.2, 0.25) is 0 Å². The summed E-state index contributed by atoms with van der Waals surface area (Å²) in [4.78, 5) is 12.4. The van der Waals surface area contributed by atoms with Crippen LogP contribution in [0.5, 0.6) is 5.75 Å². The van der Waals surface area contributed by atoms with Crippen molar-refractivity contribution in [3.05, 3.63) is 40.3 Å². The number of anilines is 1. The fourth-order valence-electron chi connectivity index (χ4n) is 2.33. The Labute approximate surface area is 118 Å². The quantitative estimate of drug-likeness (QED) is 0.928. The highest BCUT2D eigenvalue weighted by molar-refractivity contribution is 5.47. The maximum Gasteiger partial charge on any atom is 0.294 e. The average Bonchev–Trinajstić information content (AvgIpc) is 2.62. The molecular weight excluding hydrogens is 254 g/mol. The molecule has 20 heavy (non-hydrogen) atoms. The van der Waals surface area contributed by atoms with Crippen LogP contribution >= 0.6 is 0 Å². The zero-order valence-electron chi connectivity index (χ0n) is 12.4. The first-order valence-corrected chi connectivity index (χ1v) is 6.66. The van der Waals surface area contributed by atoms with E-state index in [1.807, 2.05) is 36.0 Å². The fraction of sp³-hybridized carbons (Fsp3) is 0.400. The maximum atomic E-state index is 12.4. The largest absolute Gasteiger partial charge is 0.497 e. The number of benzene rings is 1. The third-order valence-corrected chi connectivity index (χ3v) is 3.32. The molecule has 0 spiro atoms. The second-order valence-electron chi connectivity index (χ2n) is 5.30. The lowest BCUT2D eigenvalue weighted by atomic mass is 10.1. The van der Waals surface area contributed by atoms with Crippen LogP contribution in [0.3, 0.4) is 0 Å². The van der Waals surface area contributed by atoms with Crippen LogP contribution in [0.4, 0.5) is 5.69 Å². The molecule has 1 aromatic carbocycles. The summed E-state index contributed by atoms with van der Waals surface area (Å²) < 4.78 is 8.61. The molecule has 0 aliphatic heterocycles. The Bertz CT molecular complexity index is 668. The van der Waals surface area contributed by atoms with Gasteiger partial charge < -0.3 is 10.5 Å². The summed E-state index contributed by atoms with van der Waals surface area (Å²) in [5.41, 5.74) is 7.73. The minimum atomic E-state index is -0.184. The molecule has 0 unspecified atom stereocenters. The lowest BCUT2D eigenvalue weighted by Crippen LogP contribution is -2.20. The Kier molecular flexibility index (Phi) is 3.88. The van der Waals surface area contributed by atoms with Gasteiger partial charge in [0.05, 0.1) is 18.5 Å². The van der Waals surface area contributed by atoms with E-state index in [-0.39, 0.29) is 5.56 Å². The van der Waals surface area contributed by atoms with E-state index >= 15 is 0 Å². The smallest absolute Gasteiger partial charge is 0.294 e. The second kappa shape index (κ2) is 5.45. The summed E-state index contributed by atoms with van der Waals surface area (Å²) >= 11 is 0.